The molecule has 6 nitrogen and oxygen atoms in total. The second-order valence-corrected chi connectivity index (χ2v) is 5.96. The summed E-state index contributed by atoms with van der Waals surface area (Å²) in [6, 6.07) is 6.48. The van der Waals surface area contributed by atoms with E-state index in [1.807, 2.05) is 12.3 Å². The van der Waals surface area contributed by atoms with Crippen molar-refractivity contribution >= 4 is 16.6 Å². The zero-order chi connectivity index (χ0) is 14.9. The lowest BCUT2D eigenvalue weighted by Gasteiger charge is -2.39. The molecule has 116 valence electrons. The van der Waals surface area contributed by atoms with Gasteiger partial charge in [-0.25, -0.2) is 9.97 Å². The third-order valence-corrected chi connectivity index (χ3v) is 4.66. The normalized spacial score (nSPS) is 26.7. The Morgan fingerprint density at radius 2 is 2.00 bits per heavy atom. The van der Waals surface area contributed by atoms with Crippen molar-refractivity contribution in [2.75, 3.05) is 44.3 Å². The summed E-state index contributed by atoms with van der Waals surface area (Å²) in [5.74, 6) is 0. The van der Waals surface area contributed by atoms with Crippen LogP contribution in [0.5, 0.6) is 0 Å². The zero-order valence-electron chi connectivity index (χ0n) is 12.4. The van der Waals surface area contributed by atoms with Crippen molar-refractivity contribution in [1.29, 1.82) is 0 Å². The van der Waals surface area contributed by atoms with Gasteiger partial charge < -0.3 is 14.7 Å². The number of aliphatic hydroxyl groups excluding tert-OH is 1. The summed E-state index contributed by atoms with van der Waals surface area (Å²) in [6.07, 6.45) is 3.09. The van der Waals surface area contributed by atoms with E-state index in [2.05, 4.69) is 31.9 Å². The molecule has 3 heterocycles. The van der Waals surface area contributed by atoms with E-state index in [1.165, 1.54) is 5.69 Å². The van der Waals surface area contributed by atoms with Gasteiger partial charge in [-0.3, -0.25) is 4.90 Å². The third-order valence-electron chi connectivity index (χ3n) is 4.66. The predicted octanol–water partition coefficient (Wildman–Crippen LogP) is 0.511. The molecule has 2 fully saturated rings. The monoisotopic (exact) mass is 300 g/mol. The first-order chi connectivity index (χ1) is 10.8. The minimum Gasteiger partial charge on any atom is -0.389 e. The van der Waals surface area contributed by atoms with Gasteiger partial charge in [0.25, 0.3) is 0 Å². The van der Waals surface area contributed by atoms with E-state index in [1.54, 1.807) is 6.33 Å². The fourth-order valence-electron chi connectivity index (χ4n) is 3.36. The van der Waals surface area contributed by atoms with E-state index in [0.29, 0.717) is 13.2 Å². The number of hydrogen-bond donors (Lipinski definition) is 1. The maximum Gasteiger partial charge on any atom is 0.116 e. The molecule has 2 unspecified atom stereocenters. The average molecular weight is 300 g/mol. The Hall–Kier alpha value is -1.76. The lowest BCUT2D eigenvalue weighted by molar-refractivity contribution is 0.0785. The summed E-state index contributed by atoms with van der Waals surface area (Å²) in [5.41, 5.74) is 2.19. The lowest BCUT2D eigenvalue weighted by atomic mass is 10.1. The van der Waals surface area contributed by atoms with Crippen molar-refractivity contribution in [3.05, 3.63) is 30.7 Å². The van der Waals surface area contributed by atoms with E-state index < -0.39 is 0 Å². The number of aromatic nitrogens is 2. The predicted molar refractivity (Wildman–Crippen MR) is 83.9 cm³/mol. The molecule has 1 aromatic carbocycles. The van der Waals surface area contributed by atoms with Crippen molar-refractivity contribution in [1.82, 2.24) is 14.9 Å². The van der Waals surface area contributed by atoms with Gasteiger partial charge >= 0.3 is 0 Å². The summed E-state index contributed by atoms with van der Waals surface area (Å²) in [5, 5.41) is 11.0. The Morgan fingerprint density at radius 3 is 2.77 bits per heavy atom. The number of nitrogens with zero attached hydrogens (tertiary/aromatic N) is 4. The first-order valence-corrected chi connectivity index (χ1v) is 7.76. The number of rotatable bonds is 2. The van der Waals surface area contributed by atoms with Crippen molar-refractivity contribution < 1.29 is 9.84 Å². The van der Waals surface area contributed by atoms with Gasteiger partial charge in [-0.05, 0) is 18.2 Å². The molecule has 1 aromatic heterocycles. The molecule has 0 spiro atoms. The smallest absolute Gasteiger partial charge is 0.116 e. The van der Waals surface area contributed by atoms with Gasteiger partial charge in [-0.2, -0.15) is 0 Å². The molecule has 2 aliphatic heterocycles. The van der Waals surface area contributed by atoms with Gasteiger partial charge in [-0.15, -0.1) is 0 Å². The first kappa shape index (κ1) is 13.9. The van der Waals surface area contributed by atoms with Crippen LogP contribution in [0.2, 0.25) is 0 Å². The van der Waals surface area contributed by atoms with E-state index in [4.69, 9.17) is 4.74 Å². The molecule has 0 radical (unpaired) electrons. The molecule has 2 aromatic rings. The van der Waals surface area contributed by atoms with Crippen LogP contribution in [-0.2, 0) is 4.74 Å². The van der Waals surface area contributed by atoms with Crippen molar-refractivity contribution in [2.24, 2.45) is 0 Å². The highest BCUT2D eigenvalue weighted by atomic mass is 16.5. The Morgan fingerprint density at radius 1 is 1.14 bits per heavy atom. The topological polar surface area (TPSA) is 61.7 Å². The van der Waals surface area contributed by atoms with Gasteiger partial charge in [0.2, 0.25) is 0 Å². The Balaban J connectivity index is 1.46. The fourth-order valence-corrected chi connectivity index (χ4v) is 3.36. The van der Waals surface area contributed by atoms with Crippen molar-refractivity contribution in [3.8, 4) is 0 Å². The number of hydrogen-bond acceptors (Lipinski definition) is 6. The van der Waals surface area contributed by atoms with Crippen LogP contribution in [0.3, 0.4) is 0 Å². The number of fused-ring (bicyclic) bond motifs is 1. The minimum absolute atomic E-state index is 0.159. The van der Waals surface area contributed by atoms with Gasteiger partial charge in [0.15, 0.2) is 0 Å². The molecule has 6 heteroatoms. The summed E-state index contributed by atoms with van der Waals surface area (Å²) in [6.45, 7) is 4.94. The van der Waals surface area contributed by atoms with E-state index in [-0.39, 0.29) is 12.1 Å². The van der Waals surface area contributed by atoms with Crippen LogP contribution in [0.25, 0.3) is 10.9 Å². The summed E-state index contributed by atoms with van der Waals surface area (Å²) < 4.78 is 5.36. The van der Waals surface area contributed by atoms with Crippen LogP contribution in [0.1, 0.15) is 0 Å². The highest BCUT2D eigenvalue weighted by Gasteiger charge is 2.33. The van der Waals surface area contributed by atoms with Gasteiger partial charge in [0, 0.05) is 43.4 Å². The summed E-state index contributed by atoms with van der Waals surface area (Å²) in [4.78, 5) is 13.1. The number of anilines is 1. The molecular formula is C16H20N4O2. The van der Waals surface area contributed by atoms with E-state index in [0.717, 1.165) is 37.1 Å². The maximum absolute atomic E-state index is 9.95. The highest BCUT2D eigenvalue weighted by molar-refractivity contribution is 5.81. The molecule has 22 heavy (non-hydrogen) atoms. The van der Waals surface area contributed by atoms with E-state index in [9.17, 15) is 5.11 Å². The van der Waals surface area contributed by atoms with Gasteiger partial charge in [-0.1, -0.05) is 0 Å². The number of piperazine rings is 1. The lowest BCUT2D eigenvalue weighted by Crippen LogP contribution is -2.53. The highest BCUT2D eigenvalue weighted by Crippen LogP contribution is 2.23. The quantitative estimate of drug-likeness (QED) is 0.872. The molecule has 2 saturated heterocycles. The molecule has 1 N–H and O–H groups in total. The van der Waals surface area contributed by atoms with Crippen LogP contribution in [0.15, 0.2) is 30.7 Å². The molecular weight excluding hydrogens is 280 g/mol. The molecule has 2 aliphatic rings. The molecule has 4 rings (SSSR count). The van der Waals surface area contributed by atoms with Crippen LogP contribution in [-0.4, -0.2) is 71.5 Å². The average Bonchev–Trinajstić information content (AvgIpc) is 3.01. The van der Waals surface area contributed by atoms with Crippen LogP contribution in [0, 0.1) is 0 Å². The minimum atomic E-state index is -0.343. The van der Waals surface area contributed by atoms with E-state index >= 15 is 0 Å². The van der Waals surface area contributed by atoms with Gasteiger partial charge in [0.05, 0.1) is 30.9 Å². The van der Waals surface area contributed by atoms with Crippen LogP contribution < -0.4 is 4.90 Å². The van der Waals surface area contributed by atoms with Crippen molar-refractivity contribution in [2.45, 2.75) is 12.1 Å². The second-order valence-electron chi connectivity index (χ2n) is 5.96. The largest absolute Gasteiger partial charge is 0.389 e. The van der Waals surface area contributed by atoms with Crippen LogP contribution in [0.4, 0.5) is 5.69 Å². The Bertz CT molecular complexity index is 657. The maximum atomic E-state index is 9.95. The SMILES string of the molecule is OC1COCC1N1CCN(c2ccc3ncncc3c2)CC1. The zero-order valence-corrected chi connectivity index (χ0v) is 12.4. The molecule has 0 saturated carbocycles. The summed E-state index contributed by atoms with van der Waals surface area (Å²) in [7, 11) is 0. The molecule has 0 amide bonds. The van der Waals surface area contributed by atoms with Crippen molar-refractivity contribution in [3.63, 3.8) is 0 Å². The fraction of sp³-hybridized carbons (Fsp3) is 0.500. The standard InChI is InChI=1S/C16H20N4O2/c21-16-10-22-9-15(16)20-5-3-19(4-6-20)13-1-2-14-12(7-13)8-17-11-18-14/h1-2,7-8,11,15-16,21H,3-6,9-10H2. The number of benzene rings is 1. The Kier molecular flexibility index (Phi) is 3.65. The number of aliphatic hydroxyl groups is 1. The number of ether oxygens (including phenoxy) is 1. The summed E-state index contributed by atoms with van der Waals surface area (Å²) >= 11 is 0. The third kappa shape index (κ3) is 2.54. The molecule has 0 bridgehead atoms. The van der Waals surface area contributed by atoms with Gasteiger partial charge in [0.1, 0.15) is 6.33 Å². The van der Waals surface area contributed by atoms with Crippen LogP contribution >= 0.6 is 0 Å². The Labute approximate surface area is 129 Å². The first-order valence-electron chi connectivity index (χ1n) is 7.76. The molecule has 0 aliphatic carbocycles. The molecule has 2 atom stereocenters. The second kappa shape index (κ2) is 5.79.